The normalized spacial score (nSPS) is 12.8. The molecule has 0 aliphatic carbocycles. The number of aromatic hydroxyl groups is 2. The van der Waals surface area contributed by atoms with E-state index in [1.807, 2.05) is 13.8 Å². The third kappa shape index (κ3) is 2.90. The fourth-order valence-corrected chi connectivity index (χ4v) is 1.26. The molecular formula is C10H16N2O4. The summed E-state index contributed by atoms with van der Waals surface area (Å²) in [6, 6.07) is 1.63. The number of hydrogen-bond donors (Lipinski definition) is 3. The first kappa shape index (κ1) is 12.4. The highest BCUT2D eigenvalue weighted by atomic mass is 18.1. The molecular weight excluding hydrogens is 216 g/mol. The predicted molar refractivity (Wildman–Crippen MR) is 56.8 cm³/mol. The van der Waals surface area contributed by atoms with E-state index >= 15 is 0 Å². The van der Waals surface area contributed by atoms with Crippen molar-refractivity contribution in [2.75, 3.05) is 0 Å². The van der Waals surface area contributed by atoms with Crippen LogP contribution in [0.25, 0.3) is 0 Å². The van der Waals surface area contributed by atoms with Gasteiger partial charge in [-0.15, -0.1) is 4.73 Å². The zero-order valence-electron chi connectivity index (χ0n) is 9.25. The lowest BCUT2D eigenvalue weighted by atomic mass is 10.1. The van der Waals surface area contributed by atoms with Crippen LogP contribution >= 0.6 is 0 Å². The van der Waals surface area contributed by atoms with Crippen LogP contribution in [-0.4, -0.2) is 27.0 Å². The van der Waals surface area contributed by atoms with Gasteiger partial charge in [0, 0.05) is 12.1 Å². The minimum Gasteiger partial charge on any atom is -0.492 e. The third-order valence-electron chi connectivity index (χ3n) is 2.01. The summed E-state index contributed by atoms with van der Waals surface area (Å²) in [5.74, 6) is -1.16. The summed E-state index contributed by atoms with van der Waals surface area (Å²) in [4.78, 5) is 16.2. The molecule has 0 amide bonds. The monoisotopic (exact) mass is 232 g/mol. The van der Waals surface area contributed by atoms with Crippen LogP contribution in [0.3, 0.4) is 0 Å². The van der Waals surface area contributed by atoms with Gasteiger partial charge in [0.25, 0.3) is 0 Å². The molecule has 0 aliphatic rings. The molecule has 0 spiro atoms. The molecule has 0 aromatic carbocycles. The Morgan fingerprint density at radius 1 is 1.44 bits per heavy atom. The van der Waals surface area contributed by atoms with Gasteiger partial charge < -0.3 is 20.8 Å². The van der Waals surface area contributed by atoms with Gasteiger partial charge in [-0.25, -0.2) is 4.79 Å². The number of carbonyl (C=O) groups excluding carboxylic acids is 1. The molecule has 0 radical (unpaired) electrons. The van der Waals surface area contributed by atoms with E-state index in [2.05, 4.69) is 0 Å². The minimum absolute atomic E-state index is 0.259. The Morgan fingerprint density at radius 2 is 1.94 bits per heavy atom. The van der Waals surface area contributed by atoms with Gasteiger partial charge in [-0.3, -0.25) is 0 Å². The highest BCUT2D eigenvalue weighted by Crippen LogP contribution is 2.19. The van der Waals surface area contributed by atoms with Crippen LogP contribution in [0.4, 0.5) is 0 Å². The number of carbonyl (C=O) groups is 1. The van der Waals surface area contributed by atoms with E-state index in [9.17, 15) is 15.0 Å². The van der Waals surface area contributed by atoms with E-state index in [1.165, 1.54) is 12.1 Å². The maximum atomic E-state index is 11.5. The second-order valence-corrected chi connectivity index (χ2v) is 3.99. The lowest BCUT2D eigenvalue weighted by Crippen LogP contribution is -2.38. The zero-order chi connectivity index (χ0) is 12.3. The Kier molecular flexibility index (Phi) is 3.78. The Morgan fingerprint density at radius 3 is 2.38 bits per heavy atom. The smallest absolute Gasteiger partial charge is 0.349 e. The molecule has 16 heavy (non-hydrogen) atoms. The van der Waals surface area contributed by atoms with Crippen LogP contribution in [-0.2, 0) is 4.79 Å². The van der Waals surface area contributed by atoms with Gasteiger partial charge in [-0.2, -0.15) is 0 Å². The molecule has 1 aromatic heterocycles. The van der Waals surface area contributed by atoms with Crippen LogP contribution < -0.4 is 10.6 Å². The summed E-state index contributed by atoms with van der Waals surface area (Å²) in [7, 11) is 0. The molecule has 0 bridgehead atoms. The van der Waals surface area contributed by atoms with Gasteiger partial charge in [0.1, 0.15) is 6.04 Å². The number of hydrogen-bond acceptors (Lipinski definition) is 5. The summed E-state index contributed by atoms with van der Waals surface area (Å²) in [6.45, 7) is 3.86. The quantitative estimate of drug-likeness (QED) is 0.392. The molecule has 0 aliphatic heterocycles. The van der Waals surface area contributed by atoms with E-state index in [4.69, 9.17) is 10.6 Å². The number of rotatable bonds is 4. The van der Waals surface area contributed by atoms with Crippen LogP contribution in [0.5, 0.6) is 11.8 Å². The maximum Gasteiger partial charge on any atom is 0.349 e. The van der Waals surface area contributed by atoms with Crippen molar-refractivity contribution in [3.63, 3.8) is 0 Å². The molecule has 1 aromatic rings. The minimum atomic E-state index is -0.777. The Hall–Kier alpha value is -1.69. The van der Waals surface area contributed by atoms with Crippen molar-refractivity contribution in [2.45, 2.75) is 26.3 Å². The lowest BCUT2D eigenvalue weighted by molar-refractivity contribution is -0.147. The highest BCUT2D eigenvalue weighted by Gasteiger charge is 2.20. The van der Waals surface area contributed by atoms with Crippen LogP contribution in [0.15, 0.2) is 12.1 Å². The van der Waals surface area contributed by atoms with Gasteiger partial charge in [0.05, 0.1) is 0 Å². The Bertz CT molecular complexity index is 353. The molecule has 4 N–H and O–H groups in total. The van der Waals surface area contributed by atoms with Crippen molar-refractivity contribution in [2.24, 2.45) is 11.7 Å². The van der Waals surface area contributed by atoms with Crippen LogP contribution in [0, 0.1) is 5.92 Å². The van der Waals surface area contributed by atoms with Crippen molar-refractivity contribution in [1.82, 2.24) is 4.73 Å². The van der Waals surface area contributed by atoms with Crippen molar-refractivity contribution in [1.29, 1.82) is 0 Å². The standard InChI is InChI=1S/C10H16N2O4/c1-6(2)5-7(11)10(15)16-12-8(13)3-4-9(12)14/h3-4,6-7,13-14H,5,11H2,1-2H3/i10+1,11+1,15+2. The molecule has 1 heterocycles. The van der Waals surface area contributed by atoms with Crippen molar-refractivity contribution >= 4 is 5.97 Å². The molecule has 0 saturated heterocycles. The number of nitrogens with zero attached hydrogens (tertiary/aromatic N) is 1. The average molecular weight is 232 g/mol. The Balaban J connectivity index is 2.64. The summed E-state index contributed by atoms with van der Waals surface area (Å²) in [5, 5.41) is 18.5. The van der Waals surface area contributed by atoms with E-state index in [1.54, 1.807) is 0 Å². The van der Waals surface area contributed by atoms with Crippen molar-refractivity contribution in [3.05, 3.63) is 12.1 Å². The molecule has 1 rings (SSSR count). The summed E-state index contributed by atoms with van der Waals surface area (Å²) < 4.78 is 0.628. The van der Waals surface area contributed by atoms with Crippen molar-refractivity contribution in [3.8, 4) is 11.8 Å². The summed E-state index contributed by atoms with van der Waals surface area (Å²) in [5.41, 5.74) is 5.58. The largest absolute Gasteiger partial charge is 0.492 e. The molecule has 0 fully saturated rings. The first-order valence-electron chi connectivity index (χ1n) is 4.99. The molecule has 6 heteroatoms. The molecule has 1 atom stereocenters. The summed E-state index contributed by atoms with van der Waals surface area (Å²) >= 11 is 0. The first-order valence-corrected chi connectivity index (χ1v) is 4.99. The second kappa shape index (κ2) is 4.89. The van der Waals surface area contributed by atoms with E-state index < -0.39 is 12.0 Å². The zero-order valence-corrected chi connectivity index (χ0v) is 9.25. The second-order valence-electron chi connectivity index (χ2n) is 3.99. The molecule has 6 nitrogen and oxygen atoms in total. The van der Waals surface area contributed by atoms with E-state index in [0.29, 0.717) is 11.2 Å². The van der Waals surface area contributed by atoms with Crippen LogP contribution in [0.2, 0.25) is 0 Å². The predicted octanol–water partition coefficient (Wildman–Crippen LogP) is 0.228. The third-order valence-corrected chi connectivity index (χ3v) is 2.01. The lowest BCUT2D eigenvalue weighted by Gasteiger charge is -2.13. The molecule has 0 saturated carbocycles. The van der Waals surface area contributed by atoms with Gasteiger partial charge in [0.2, 0.25) is 11.8 Å². The molecule has 90 valence electrons. The highest BCUT2D eigenvalue weighted by molar-refractivity contribution is 5.75. The van der Waals surface area contributed by atoms with Gasteiger partial charge in [0.15, 0.2) is 0 Å². The molecule has 1 unspecified atom stereocenters. The van der Waals surface area contributed by atoms with Gasteiger partial charge in [-0.1, -0.05) is 13.8 Å². The number of nitrogens with two attached hydrogens (primary N) is 1. The maximum absolute atomic E-state index is 11.5. The van der Waals surface area contributed by atoms with Crippen LogP contribution in [0.1, 0.15) is 20.3 Å². The van der Waals surface area contributed by atoms with Gasteiger partial charge >= 0.3 is 5.97 Å². The SMILES string of the molecule is CC(C)CC([15NH2])[13C](=[18O])On1c(O)ccc1O. The van der Waals surface area contributed by atoms with E-state index in [-0.39, 0.29) is 17.7 Å². The topological polar surface area (TPSA) is 97.7 Å². The average Bonchev–Trinajstić information content (AvgIpc) is 2.48. The number of aromatic nitrogens is 1. The summed E-state index contributed by atoms with van der Waals surface area (Å²) in [6.07, 6.45) is 0.474. The fraction of sp³-hybridized carbons (Fsp3) is 0.500. The van der Waals surface area contributed by atoms with Crippen molar-refractivity contribution < 1.29 is 19.8 Å². The Labute approximate surface area is 93.2 Å². The fourth-order valence-electron chi connectivity index (χ4n) is 1.26. The van der Waals surface area contributed by atoms with Gasteiger partial charge in [-0.05, 0) is 12.3 Å². The first-order chi connectivity index (χ1) is 7.41. The van der Waals surface area contributed by atoms with E-state index in [0.717, 1.165) is 0 Å².